The molecule has 12 heavy (non-hydrogen) atoms. The van der Waals surface area contributed by atoms with Gasteiger partial charge in [0.1, 0.15) is 18.2 Å². The minimum atomic E-state index is -0.375. The topological polar surface area (TPSA) is 35.2 Å². The average Bonchev–Trinajstić information content (AvgIpc) is 2.33. The van der Waals surface area contributed by atoms with Gasteiger partial charge in [-0.1, -0.05) is 11.6 Å². The predicted octanol–water partition coefficient (Wildman–Crippen LogP) is 1.87. The summed E-state index contributed by atoms with van der Waals surface area (Å²) in [5.41, 5.74) is 6.29. The molecular formula is C8H7ClFNO. The Morgan fingerprint density at radius 2 is 2.33 bits per heavy atom. The molecule has 2 N–H and O–H groups in total. The van der Waals surface area contributed by atoms with Gasteiger partial charge < -0.3 is 10.5 Å². The number of hydrogen-bond acceptors (Lipinski definition) is 2. The SMILES string of the molecule is N[C@H]1COc2c(Cl)cc(F)cc21. The lowest BCUT2D eigenvalue weighted by atomic mass is 10.1. The lowest BCUT2D eigenvalue weighted by Gasteiger charge is -2.01. The summed E-state index contributed by atoms with van der Waals surface area (Å²) in [4.78, 5) is 0. The van der Waals surface area contributed by atoms with Crippen molar-refractivity contribution in [1.82, 2.24) is 0 Å². The van der Waals surface area contributed by atoms with E-state index in [1.807, 2.05) is 0 Å². The van der Waals surface area contributed by atoms with Crippen LogP contribution in [0.5, 0.6) is 5.75 Å². The van der Waals surface area contributed by atoms with E-state index < -0.39 is 0 Å². The first-order chi connectivity index (χ1) is 5.68. The molecule has 0 radical (unpaired) electrons. The number of halogens is 2. The summed E-state index contributed by atoms with van der Waals surface area (Å²) in [5.74, 6) is 0.144. The molecule has 1 aromatic rings. The number of benzene rings is 1. The first-order valence-electron chi connectivity index (χ1n) is 3.56. The van der Waals surface area contributed by atoms with Crippen LogP contribution in [-0.2, 0) is 0 Å². The minimum absolute atomic E-state index is 0.256. The Morgan fingerprint density at radius 3 is 3.08 bits per heavy atom. The molecule has 1 atom stereocenters. The van der Waals surface area contributed by atoms with Gasteiger partial charge in [0.2, 0.25) is 0 Å². The summed E-state index contributed by atoms with van der Waals surface area (Å²) >= 11 is 5.72. The molecule has 0 spiro atoms. The number of ether oxygens (including phenoxy) is 1. The van der Waals surface area contributed by atoms with Gasteiger partial charge in [-0.15, -0.1) is 0 Å². The van der Waals surface area contributed by atoms with Crippen LogP contribution in [0.15, 0.2) is 12.1 Å². The Bertz CT molecular complexity index is 329. The smallest absolute Gasteiger partial charge is 0.143 e. The van der Waals surface area contributed by atoms with E-state index in [9.17, 15) is 4.39 Å². The third-order valence-electron chi connectivity index (χ3n) is 1.84. The van der Waals surface area contributed by atoms with Crippen molar-refractivity contribution < 1.29 is 9.13 Å². The lowest BCUT2D eigenvalue weighted by molar-refractivity contribution is 0.333. The van der Waals surface area contributed by atoms with Gasteiger partial charge in [-0.05, 0) is 12.1 Å². The standard InChI is InChI=1S/C8H7ClFNO/c9-6-2-4(10)1-5-7(11)3-12-8(5)6/h1-2,7H,3,11H2/t7-/m0/s1. The van der Waals surface area contributed by atoms with E-state index in [1.165, 1.54) is 12.1 Å². The number of rotatable bonds is 0. The maximum Gasteiger partial charge on any atom is 0.143 e. The summed E-state index contributed by atoms with van der Waals surface area (Å²) in [7, 11) is 0. The zero-order valence-corrected chi connectivity index (χ0v) is 6.94. The van der Waals surface area contributed by atoms with Gasteiger partial charge in [0, 0.05) is 5.56 Å². The van der Waals surface area contributed by atoms with Crippen LogP contribution in [0.4, 0.5) is 4.39 Å². The summed E-state index contributed by atoms with van der Waals surface area (Å²) in [6.07, 6.45) is 0. The molecule has 0 saturated heterocycles. The van der Waals surface area contributed by atoms with E-state index in [4.69, 9.17) is 22.1 Å². The first-order valence-corrected chi connectivity index (χ1v) is 3.93. The molecule has 4 heteroatoms. The second-order valence-corrected chi connectivity index (χ2v) is 3.13. The van der Waals surface area contributed by atoms with Crippen LogP contribution in [0.25, 0.3) is 0 Å². The molecule has 1 aliphatic heterocycles. The third kappa shape index (κ3) is 1.06. The number of hydrogen-bond donors (Lipinski definition) is 1. The summed E-state index contributed by atoms with van der Waals surface area (Å²) in [6.45, 7) is 0.374. The fraction of sp³-hybridized carbons (Fsp3) is 0.250. The third-order valence-corrected chi connectivity index (χ3v) is 2.12. The second-order valence-electron chi connectivity index (χ2n) is 2.72. The second kappa shape index (κ2) is 2.61. The van der Waals surface area contributed by atoms with Gasteiger partial charge in [-0.2, -0.15) is 0 Å². The van der Waals surface area contributed by atoms with E-state index >= 15 is 0 Å². The monoisotopic (exact) mass is 187 g/mol. The van der Waals surface area contributed by atoms with Crippen molar-refractivity contribution in [1.29, 1.82) is 0 Å². The highest BCUT2D eigenvalue weighted by Gasteiger charge is 2.23. The van der Waals surface area contributed by atoms with Crippen molar-refractivity contribution in [2.45, 2.75) is 6.04 Å². The zero-order chi connectivity index (χ0) is 8.72. The van der Waals surface area contributed by atoms with E-state index in [2.05, 4.69) is 0 Å². The summed E-state index contributed by atoms with van der Waals surface area (Å²) in [6, 6.07) is 2.32. The maximum atomic E-state index is 12.8. The van der Waals surface area contributed by atoms with E-state index in [0.717, 1.165) is 0 Å². The summed E-state index contributed by atoms with van der Waals surface area (Å²) in [5, 5.41) is 0.290. The number of nitrogens with two attached hydrogens (primary N) is 1. The van der Waals surface area contributed by atoms with Crippen LogP contribution in [0.1, 0.15) is 11.6 Å². The first kappa shape index (κ1) is 7.83. The van der Waals surface area contributed by atoms with Crippen molar-refractivity contribution in [2.75, 3.05) is 6.61 Å². The molecular weight excluding hydrogens is 181 g/mol. The van der Waals surface area contributed by atoms with E-state index in [0.29, 0.717) is 17.9 Å². The normalized spacial score (nSPS) is 20.4. The van der Waals surface area contributed by atoms with Crippen LogP contribution >= 0.6 is 11.6 Å². The van der Waals surface area contributed by atoms with Gasteiger partial charge in [0.05, 0.1) is 11.1 Å². The molecule has 2 nitrogen and oxygen atoms in total. The Balaban J connectivity index is 2.60. The maximum absolute atomic E-state index is 12.8. The molecule has 2 rings (SSSR count). The molecule has 1 heterocycles. The van der Waals surface area contributed by atoms with E-state index in [-0.39, 0.29) is 16.9 Å². The molecule has 0 bridgehead atoms. The Labute approximate surface area is 74.1 Å². The van der Waals surface area contributed by atoms with Crippen LogP contribution in [0.2, 0.25) is 5.02 Å². The molecule has 0 amide bonds. The average molecular weight is 188 g/mol. The van der Waals surface area contributed by atoms with Crippen molar-refractivity contribution in [3.05, 3.63) is 28.5 Å². The van der Waals surface area contributed by atoms with Gasteiger partial charge in [0.15, 0.2) is 0 Å². The Kier molecular flexibility index (Phi) is 1.70. The fourth-order valence-corrected chi connectivity index (χ4v) is 1.54. The number of fused-ring (bicyclic) bond motifs is 1. The van der Waals surface area contributed by atoms with Crippen molar-refractivity contribution in [2.24, 2.45) is 5.73 Å². The fourth-order valence-electron chi connectivity index (χ4n) is 1.27. The molecule has 0 aromatic heterocycles. The molecule has 1 aliphatic rings. The van der Waals surface area contributed by atoms with Crippen molar-refractivity contribution >= 4 is 11.6 Å². The quantitative estimate of drug-likeness (QED) is 0.673. The molecule has 64 valence electrons. The van der Waals surface area contributed by atoms with Gasteiger partial charge >= 0.3 is 0 Å². The van der Waals surface area contributed by atoms with Crippen LogP contribution in [0, 0.1) is 5.82 Å². The van der Waals surface area contributed by atoms with Gasteiger partial charge in [-0.25, -0.2) is 4.39 Å². The predicted molar refractivity (Wildman–Crippen MR) is 43.8 cm³/mol. The zero-order valence-electron chi connectivity index (χ0n) is 6.18. The minimum Gasteiger partial charge on any atom is -0.490 e. The van der Waals surface area contributed by atoms with Crippen LogP contribution in [0.3, 0.4) is 0 Å². The highest BCUT2D eigenvalue weighted by Crippen LogP contribution is 2.37. The van der Waals surface area contributed by atoms with Gasteiger partial charge in [-0.3, -0.25) is 0 Å². The molecule has 0 aliphatic carbocycles. The van der Waals surface area contributed by atoms with Gasteiger partial charge in [0.25, 0.3) is 0 Å². The Morgan fingerprint density at radius 1 is 1.58 bits per heavy atom. The highest BCUT2D eigenvalue weighted by atomic mass is 35.5. The highest BCUT2D eigenvalue weighted by molar-refractivity contribution is 6.32. The molecule has 0 fully saturated rings. The van der Waals surface area contributed by atoms with E-state index in [1.54, 1.807) is 0 Å². The Hall–Kier alpha value is -0.800. The van der Waals surface area contributed by atoms with Crippen LogP contribution < -0.4 is 10.5 Å². The lowest BCUT2D eigenvalue weighted by Crippen LogP contribution is -2.10. The molecule has 1 aromatic carbocycles. The summed E-state index contributed by atoms with van der Waals surface area (Å²) < 4.78 is 18.0. The molecule has 0 saturated carbocycles. The van der Waals surface area contributed by atoms with Crippen molar-refractivity contribution in [3.63, 3.8) is 0 Å². The van der Waals surface area contributed by atoms with Crippen molar-refractivity contribution in [3.8, 4) is 5.75 Å². The largest absolute Gasteiger partial charge is 0.490 e. The molecule has 0 unspecified atom stereocenters. The van der Waals surface area contributed by atoms with Crippen LogP contribution in [-0.4, -0.2) is 6.61 Å².